The number of aromatic nitrogens is 2. The minimum Gasteiger partial charge on any atom is -0.497 e. The number of ether oxygens (including phenoxy) is 1. The molecule has 0 atom stereocenters. The quantitative estimate of drug-likeness (QED) is 0.466. The number of thiophene rings is 1. The van der Waals surface area contributed by atoms with E-state index in [1.165, 1.54) is 28.3 Å². The lowest BCUT2D eigenvalue weighted by Gasteiger charge is -2.06. The Balaban J connectivity index is 1.40. The largest absolute Gasteiger partial charge is 0.497 e. The van der Waals surface area contributed by atoms with Gasteiger partial charge in [-0.3, -0.25) is 14.3 Å². The number of aryl methyl sites for hydroxylation is 1. The number of fused-ring (bicyclic) bond motifs is 1. The molecule has 0 fully saturated rings. The summed E-state index contributed by atoms with van der Waals surface area (Å²) in [4.78, 5) is 25.4. The summed E-state index contributed by atoms with van der Waals surface area (Å²) in [6.45, 7) is 1.71. The first kappa shape index (κ1) is 20.5. The Morgan fingerprint density at radius 3 is 2.61 bits per heavy atom. The van der Waals surface area contributed by atoms with E-state index in [4.69, 9.17) is 4.74 Å². The van der Waals surface area contributed by atoms with Crippen LogP contribution in [0, 0.1) is 12.7 Å². The average molecular weight is 438 g/mol. The molecule has 0 saturated carbocycles. The van der Waals surface area contributed by atoms with E-state index in [2.05, 4.69) is 15.7 Å². The predicted octanol–water partition coefficient (Wildman–Crippen LogP) is 4.44. The van der Waals surface area contributed by atoms with Crippen LogP contribution >= 0.6 is 11.3 Å². The Labute approximate surface area is 181 Å². The highest BCUT2D eigenvalue weighted by Gasteiger charge is 2.18. The second-order valence-corrected chi connectivity index (χ2v) is 7.88. The first-order chi connectivity index (χ1) is 14.9. The fraction of sp³-hybridized carbons (Fsp3) is 0.136. The van der Waals surface area contributed by atoms with E-state index in [9.17, 15) is 14.0 Å². The zero-order valence-corrected chi connectivity index (χ0v) is 17.6. The molecule has 2 heterocycles. The first-order valence-corrected chi connectivity index (χ1v) is 10.2. The highest BCUT2D eigenvalue weighted by molar-refractivity contribution is 7.21. The van der Waals surface area contributed by atoms with Gasteiger partial charge in [-0.05, 0) is 48.9 Å². The molecule has 0 bridgehead atoms. The first-order valence-electron chi connectivity index (χ1n) is 9.40. The lowest BCUT2D eigenvalue weighted by atomic mass is 10.1. The third kappa shape index (κ3) is 4.41. The Morgan fingerprint density at radius 2 is 1.90 bits per heavy atom. The maximum Gasteiger partial charge on any atom is 0.266 e. The van der Waals surface area contributed by atoms with E-state index >= 15 is 0 Å². The highest BCUT2D eigenvalue weighted by Crippen LogP contribution is 2.33. The Kier molecular flexibility index (Phi) is 5.68. The van der Waals surface area contributed by atoms with Gasteiger partial charge in [0, 0.05) is 22.0 Å². The minimum absolute atomic E-state index is 0.0188. The Hall–Kier alpha value is -3.72. The number of hydrogen-bond acceptors (Lipinski definition) is 5. The number of benzene rings is 2. The summed E-state index contributed by atoms with van der Waals surface area (Å²) >= 11 is 1.23. The molecule has 9 heteroatoms. The smallest absolute Gasteiger partial charge is 0.266 e. The zero-order valence-electron chi connectivity index (χ0n) is 16.8. The molecule has 0 aliphatic carbocycles. The van der Waals surface area contributed by atoms with Gasteiger partial charge >= 0.3 is 0 Å². The van der Waals surface area contributed by atoms with E-state index < -0.39 is 0 Å². The predicted molar refractivity (Wildman–Crippen MR) is 118 cm³/mol. The van der Waals surface area contributed by atoms with Crippen LogP contribution in [0.15, 0.2) is 54.9 Å². The molecule has 4 aromatic rings. The summed E-state index contributed by atoms with van der Waals surface area (Å²) < 4.78 is 21.3. The van der Waals surface area contributed by atoms with Gasteiger partial charge in [0.15, 0.2) is 0 Å². The van der Waals surface area contributed by atoms with Crippen LogP contribution in [0.2, 0.25) is 0 Å². The van der Waals surface area contributed by atoms with Crippen LogP contribution < -0.4 is 15.4 Å². The number of methoxy groups -OCH3 is 1. The van der Waals surface area contributed by atoms with Gasteiger partial charge in [-0.15, -0.1) is 11.3 Å². The van der Waals surface area contributed by atoms with Crippen molar-refractivity contribution in [1.29, 1.82) is 0 Å². The number of nitrogens with zero attached hydrogens (tertiary/aromatic N) is 2. The molecule has 0 aliphatic heterocycles. The topological polar surface area (TPSA) is 85.2 Å². The third-order valence-corrected chi connectivity index (χ3v) is 5.94. The van der Waals surface area contributed by atoms with Gasteiger partial charge in [0.1, 0.15) is 18.1 Å². The molecule has 0 spiro atoms. The highest BCUT2D eigenvalue weighted by atomic mass is 32.1. The fourth-order valence-corrected chi connectivity index (χ4v) is 4.31. The monoisotopic (exact) mass is 438 g/mol. The minimum atomic E-state index is -0.347. The van der Waals surface area contributed by atoms with Crippen LogP contribution in [-0.2, 0) is 11.3 Å². The van der Waals surface area contributed by atoms with Crippen molar-refractivity contribution in [1.82, 2.24) is 9.78 Å². The summed E-state index contributed by atoms with van der Waals surface area (Å²) in [5.74, 6) is -0.259. The Bertz CT molecular complexity index is 1260. The molecule has 0 saturated heterocycles. The molecular formula is C22H19FN4O3S. The van der Waals surface area contributed by atoms with E-state index in [-0.39, 0.29) is 24.2 Å². The van der Waals surface area contributed by atoms with Crippen molar-refractivity contribution in [2.24, 2.45) is 0 Å². The SMILES string of the molecule is COc1ccc(NC(=O)Cn2cc(NC(=O)c3sc4cccc(F)c4c3C)cn2)cc1. The number of amides is 2. The third-order valence-electron chi connectivity index (χ3n) is 4.68. The number of rotatable bonds is 6. The van der Waals surface area contributed by atoms with Gasteiger partial charge in [0.05, 0.1) is 23.9 Å². The average Bonchev–Trinajstić information content (AvgIpc) is 3.33. The summed E-state index contributed by atoms with van der Waals surface area (Å²) in [5, 5.41) is 10.1. The van der Waals surface area contributed by atoms with Crippen molar-refractivity contribution in [3.8, 4) is 5.75 Å². The number of hydrogen-bond donors (Lipinski definition) is 2. The van der Waals surface area contributed by atoms with Crippen molar-refractivity contribution in [3.63, 3.8) is 0 Å². The van der Waals surface area contributed by atoms with E-state index in [0.29, 0.717) is 37.7 Å². The zero-order chi connectivity index (χ0) is 22.0. The van der Waals surface area contributed by atoms with Crippen molar-refractivity contribution in [2.45, 2.75) is 13.5 Å². The molecule has 4 rings (SSSR count). The maximum atomic E-state index is 14.1. The van der Waals surface area contributed by atoms with Crippen LogP contribution in [0.4, 0.5) is 15.8 Å². The second kappa shape index (κ2) is 8.57. The molecule has 2 aromatic carbocycles. The van der Waals surface area contributed by atoms with Crippen molar-refractivity contribution < 1.29 is 18.7 Å². The number of carbonyl (C=O) groups excluding carboxylic acids is 2. The van der Waals surface area contributed by atoms with Crippen molar-refractivity contribution in [3.05, 3.63) is 71.1 Å². The molecule has 2 aromatic heterocycles. The summed E-state index contributed by atoms with van der Waals surface area (Å²) in [6.07, 6.45) is 3.02. The molecule has 2 amide bonds. The van der Waals surface area contributed by atoms with Gasteiger partial charge in [-0.25, -0.2) is 4.39 Å². The lowest BCUT2D eigenvalue weighted by Crippen LogP contribution is -2.19. The van der Waals surface area contributed by atoms with E-state index in [0.717, 1.165) is 0 Å². The maximum absolute atomic E-state index is 14.1. The summed E-state index contributed by atoms with van der Waals surface area (Å²) in [5.41, 5.74) is 1.68. The fourth-order valence-electron chi connectivity index (χ4n) is 3.19. The number of nitrogens with one attached hydrogen (secondary N) is 2. The number of anilines is 2. The molecule has 2 N–H and O–H groups in total. The van der Waals surface area contributed by atoms with E-state index in [1.54, 1.807) is 56.6 Å². The Morgan fingerprint density at radius 1 is 1.13 bits per heavy atom. The standard InChI is InChI=1S/C22H19FN4O3S/c1-13-20-17(23)4-3-5-18(20)31-21(13)22(29)26-15-10-24-27(11-15)12-19(28)25-14-6-8-16(30-2)9-7-14/h3-11H,12H2,1-2H3,(H,25,28)(H,26,29). The molecule has 31 heavy (non-hydrogen) atoms. The summed E-state index contributed by atoms with van der Waals surface area (Å²) in [6, 6.07) is 11.8. The van der Waals surface area contributed by atoms with Crippen LogP contribution in [-0.4, -0.2) is 28.7 Å². The van der Waals surface area contributed by atoms with Crippen LogP contribution in [0.5, 0.6) is 5.75 Å². The number of halogens is 1. The molecule has 0 radical (unpaired) electrons. The van der Waals surface area contributed by atoms with Crippen LogP contribution in [0.25, 0.3) is 10.1 Å². The lowest BCUT2D eigenvalue weighted by molar-refractivity contribution is -0.116. The van der Waals surface area contributed by atoms with Gasteiger partial charge in [-0.1, -0.05) is 6.07 Å². The second-order valence-electron chi connectivity index (χ2n) is 6.83. The van der Waals surface area contributed by atoms with Gasteiger partial charge in [0.2, 0.25) is 5.91 Å². The van der Waals surface area contributed by atoms with Crippen LogP contribution in [0.1, 0.15) is 15.2 Å². The molecular weight excluding hydrogens is 419 g/mol. The van der Waals surface area contributed by atoms with Crippen molar-refractivity contribution in [2.75, 3.05) is 17.7 Å². The number of carbonyl (C=O) groups is 2. The molecule has 158 valence electrons. The normalized spacial score (nSPS) is 10.8. The van der Waals surface area contributed by atoms with Gasteiger partial charge in [-0.2, -0.15) is 5.10 Å². The molecule has 0 aliphatic rings. The summed E-state index contributed by atoms with van der Waals surface area (Å²) in [7, 11) is 1.57. The van der Waals surface area contributed by atoms with E-state index in [1.807, 2.05) is 0 Å². The van der Waals surface area contributed by atoms with Gasteiger partial charge in [0.25, 0.3) is 5.91 Å². The van der Waals surface area contributed by atoms with Crippen molar-refractivity contribution >= 4 is 44.6 Å². The molecule has 7 nitrogen and oxygen atoms in total. The van der Waals surface area contributed by atoms with Crippen LogP contribution in [0.3, 0.4) is 0 Å². The molecule has 0 unspecified atom stereocenters. The van der Waals surface area contributed by atoms with Gasteiger partial charge < -0.3 is 15.4 Å².